The summed E-state index contributed by atoms with van der Waals surface area (Å²) in [7, 11) is 0. The molecule has 6 nitrogen and oxygen atoms in total. The number of aliphatic carboxylic acids is 1. The van der Waals surface area contributed by atoms with E-state index in [4.69, 9.17) is 16.7 Å². The van der Waals surface area contributed by atoms with Crippen molar-refractivity contribution in [1.29, 1.82) is 0 Å². The number of rotatable bonds is 6. The summed E-state index contributed by atoms with van der Waals surface area (Å²) in [5.74, 6) is -1.08. The fourth-order valence-electron chi connectivity index (χ4n) is 2.80. The molecular weight excluding hydrogens is 390 g/mol. The Morgan fingerprint density at radius 1 is 1.07 bits per heavy atom. The van der Waals surface area contributed by atoms with E-state index in [1.54, 1.807) is 18.3 Å². The van der Waals surface area contributed by atoms with Gasteiger partial charge in [0.2, 0.25) is 5.91 Å². The van der Waals surface area contributed by atoms with Crippen molar-refractivity contribution in [3.05, 3.63) is 71.5 Å². The van der Waals surface area contributed by atoms with Gasteiger partial charge in [-0.1, -0.05) is 41.9 Å². The van der Waals surface area contributed by atoms with E-state index in [0.29, 0.717) is 16.5 Å². The number of carbonyl (C=O) groups excluding carboxylic acids is 1. The van der Waals surface area contributed by atoms with Crippen LogP contribution in [0.5, 0.6) is 0 Å². The predicted octanol–water partition coefficient (Wildman–Crippen LogP) is 3.99. The molecule has 0 atom stereocenters. The highest BCUT2D eigenvalue weighted by Gasteiger charge is 2.29. The average Bonchev–Trinajstić information content (AvgIpc) is 2.68. The van der Waals surface area contributed by atoms with Gasteiger partial charge < -0.3 is 10.4 Å². The van der Waals surface area contributed by atoms with Crippen molar-refractivity contribution in [1.82, 2.24) is 15.3 Å². The van der Waals surface area contributed by atoms with Crippen LogP contribution in [0.3, 0.4) is 0 Å². The lowest BCUT2D eigenvalue weighted by Crippen LogP contribution is -2.50. The van der Waals surface area contributed by atoms with E-state index in [1.165, 1.54) is 13.8 Å². The Morgan fingerprint density at radius 3 is 2.48 bits per heavy atom. The highest BCUT2D eigenvalue weighted by Crippen LogP contribution is 2.32. The van der Waals surface area contributed by atoms with E-state index in [9.17, 15) is 9.59 Å². The molecule has 0 saturated heterocycles. The minimum absolute atomic E-state index is 0.0551. The topological polar surface area (TPSA) is 92.2 Å². The Morgan fingerprint density at radius 2 is 1.79 bits per heavy atom. The molecule has 3 aromatic rings. The first-order valence-electron chi connectivity index (χ1n) is 8.98. The Hall–Kier alpha value is -3.25. The Balaban J connectivity index is 1.91. The van der Waals surface area contributed by atoms with Crippen LogP contribution in [0.15, 0.2) is 60.8 Å². The second-order valence-corrected chi connectivity index (χ2v) is 7.52. The number of carboxylic acids is 1. The number of carboxylic acid groups (broad SMARTS) is 1. The normalized spacial score (nSPS) is 11.1. The van der Waals surface area contributed by atoms with Crippen molar-refractivity contribution in [3.8, 4) is 22.5 Å². The van der Waals surface area contributed by atoms with Gasteiger partial charge in [0, 0.05) is 16.8 Å². The van der Waals surface area contributed by atoms with Gasteiger partial charge in [-0.15, -0.1) is 0 Å². The third-order valence-electron chi connectivity index (χ3n) is 4.35. The first-order chi connectivity index (χ1) is 13.8. The highest BCUT2D eigenvalue weighted by molar-refractivity contribution is 6.31. The van der Waals surface area contributed by atoms with Gasteiger partial charge in [0.05, 0.1) is 12.1 Å². The molecule has 1 amide bonds. The van der Waals surface area contributed by atoms with Gasteiger partial charge in [-0.2, -0.15) is 0 Å². The number of aromatic nitrogens is 2. The zero-order valence-corrected chi connectivity index (χ0v) is 16.8. The van der Waals surface area contributed by atoms with E-state index in [2.05, 4.69) is 15.3 Å². The molecule has 0 aliphatic heterocycles. The van der Waals surface area contributed by atoms with Crippen LogP contribution in [0.1, 0.15) is 19.5 Å². The molecule has 1 aromatic heterocycles. The summed E-state index contributed by atoms with van der Waals surface area (Å²) in [6.45, 7) is 2.86. The molecule has 0 fully saturated rings. The van der Waals surface area contributed by atoms with Gasteiger partial charge in [0.15, 0.2) is 5.82 Å². The molecule has 29 heavy (non-hydrogen) atoms. The van der Waals surface area contributed by atoms with Gasteiger partial charge in [0.1, 0.15) is 5.54 Å². The summed E-state index contributed by atoms with van der Waals surface area (Å²) < 4.78 is 0. The summed E-state index contributed by atoms with van der Waals surface area (Å²) in [5.41, 5.74) is 1.77. The number of halogens is 1. The maximum atomic E-state index is 12.3. The molecule has 0 aliphatic rings. The second-order valence-electron chi connectivity index (χ2n) is 7.08. The van der Waals surface area contributed by atoms with Gasteiger partial charge in [0.25, 0.3) is 0 Å². The lowest BCUT2D eigenvalue weighted by molar-refractivity contribution is -0.145. The minimum Gasteiger partial charge on any atom is -0.480 e. The largest absolute Gasteiger partial charge is 0.480 e. The summed E-state index contributed by atoms with van der Waals surface area (Å²) in [6, 6.07) is 16.8. The van der Waals surface area contributed by atoms with Crippen LogP contribution < -0.4 is 5.32 Å². The van der Waals surface area contributed by atoms with Crippen molar-refractivity contribution in [3.63, 3.8) is 0 Å². The summed E-state index contributed by atoms with van der Waals surface area (Å²) in [5, 5.41) is 12.2. The fraction of sp³-hybridized carbons (Fsp3) is 0.182. The number of benzene rings is 2. The third kappa shape index (κ3) is 4.97. The first-order valence-corrected chi connectivity index (χ1v) is 9.36. The molecule has 7 heteroatoms. The van der Waals surface area contributed by atoms with Crippen LogP contribution in [0.25, 0.3) is 22.5 Å². The lowest BCUT2D eigenvalue weighted by Gasteiger charge is -2.20. The molecule has 0 radical (unpaired) electrons. The molecule has 148 valence electrons. The lowest BCUT2D eigenvalue weighted by atomic mass is 9.99. The average molecular weight is 410 g/mol. The standard InChI is InChI=1S/C22H20ClN3O3/c1-22(2,21(28)29)26-19(27)13-16-10-11-24-20(25-16)17-9-8-15(23)12-18(17)14-6-4-3-5-7-14/h3-12H,13H2,1-2H3,(H,26,27)(H,28,29). The van der Waals surface area contributed by atoms with Crippen molar-refractivity contribution in [2.24, 2.45) is 0 Å². The molecule has 2 aromatic carbocycles. The van der Waals surface area contributed by atoms with Gasteiger partial charge in [-0.3, -0.25) is 4.79 Å². The maximum absolute atomic E-state index is 12.3. The number of hydrogen-bond acceptors (Lipinski definition) is 4. The van der Waals surface area contributed by atoms with Gasteiger partial charge in [-0.05, 0) is 49.2 Å². The van der Waals surface area contributed by atoms with Crippen molar-refractivity contribution in [2.45, 2.75) is 25.8 Å². The van der Waals surface area contributed by atoms with Crippen LogP contribution in [0, 0.1) is 0 Å². The van der Waals surface area contributed by atoms with Gasteiger partial charge >= 0.3 is 5.97 Å². The maximum Gasteiger partial charge on any atom is 0.328 e. The van der Waals surface area contributed by atoms with Crippen LogP contribution in [0.4, 0.5) is 0 Å². The van der Waals surface area contributed by atoms with Crippen LogP contribution in [-0.4, -0.2) is 32.5 Å². The molecule has 0 bridgehead atoms. The van der Waals surface area contributed by atoms with E-state index >= 15 is 0 Å². The molecule has 2 N–H and O–H groups in total. The molecular formula is C22H20ClN3O3. The second kappa shape index (κ2) is 8.41. The number of nitrogens with one attached hydrogen (secondary N) is 1. The van der Waals surface area contributed by atoms with E-state index < -0.39 is 17.4 Å². The quantitative estimate of drug-likeness (QED) is 0.642. The number of carbonyl (C=O) groups is 2. The smallest absolute Gasteiger partial charge is 0.328 e. The zero-order valence-electron chi connectivity index (χ0n) is 16.0. The molecule has 0 saturated carbocycles. The van der Waals surface area contributed by atoms with Crippen LogP contribution in [-0.2, 0) is 16.0 Å². The molecule has 0 unspecified atom stereocenters. The molecule has 0 aliphatic carbocycles. The van der Waals surface area contributed by atoms with E-state index in [-0.39, 0.29) is 6.42 Å². The number of amides is 1. The van der Waals surface area contributed by atoms with Gasteiger partial charge in [-0.25, -0.2) is 14.8 Å². The fourth-order valence-corrected chi connectivity index (χ4v) is 2.98. The van der Waals surface area contributed by atoms with E-state index in [0.717, 1.165) is 16.7 Å². The molecule has 1 heterocycles. The Kier molecular flexibility index (Phi) is 5.94. The van der Waals surface area contributed by atoms with Crippen LogP contribution in [0.2, 0.25) is 5.02 Å². The summed E-state index contributed by atoms with van der Waals surface area (Å²) in [4.78, 5) is 32.3. The minimum atomic E-state index is -1.36. The zero-order chi connectivity index (χ0) is 21.0. The Bertz CT molecular complexity index is 1050. The van der Waals surface area contributed by atoms with Crippen molar-refractivity contribution >= 4 is 23.5 Å². The number of nitrogens with zero attached hydrogens (tertiary/aromatic N) is 2. The number of hydrogen-bond donors (Lipinski definition) is 2. The summed E-state index contributed by atoms with van der Waals surface area (Å²) in [6.07, 6.45) is 1.52. The predicted molar refractivity (Wildman–Crippen MR) is 111 cm³/mol. The highest BCUT2D eigenvalue weighted by atomic mass is 35.5. The van der Waals surface area contributed by atoms with E-state index in [1.807, 2.05) is 42.5 Å². The monoisotopic (exact) mass is 409 g/mol. The SMILES string of the molecule is CC(C)(NC(=O)Cc1ccnc(-c2ccc(Cl)cc2-c2ccccc2)n1)C(=O)O. The Labute approximate surface area is 173 Å². The molecule has 3 rings (SSSR count). The van der Waals surface area contributed by atoms with Crippen molar-refractivity contribution < 1.29 is 14.7 Å². The van der Waals surface area contributed by atoms with Crippen molar-refractivity contribution in [2.75, 3.05) is 0 Å². The summed E-state index contributed by atoms with van der Waals surface area (Å²) >= 11 is 6.20. The van der Waals surface area contributed by atoms with Crippen LogP contribution >= 0.6 is 11.6 Å². The third-order valence-corrected chi connectivity index (χ3v) is 4.58. The first kappa shape index (κ1) is 20.5. The molecule has 0 spiro atoms.